The highest BCUT2D eigenvalue weighted by molar-refractivity contribution is 9.10. The number of benzene rings is 2. The second-order valence-corrected chi connectivity index (χ2v) is 7.53. The van der Waals surface area contributed by atoms with Crippen molar-refractivity contribution >= 4 is 26.0 Å². The Morgan fingerprint density at radius 2 is 1.70 bits per heavy atom. The lowest BCUT2D eigenvalue weighted by molar-refractivity contribution is 0.395. The topological polar surface area (TPSA) is 64.6 Å². The summed E-state index contributed by atoms with van der Waals surface area (Å²) in [5, 5.41) is 0. The summed E-state index contributed by atoms with van der Waals surface area (Å²) in [6, 6.07) is 11.2. The quantitative estimate of drug-likeness (QED) is 0.806. The van der Waals surface area contributed by atoms with Crippen LogP contribution < -0.4 is 14.2 Å². The van der Waals surface area contributed by atoms with E-state index >= 15 is 0 Å². The maximum Gasteiger partial charge on any atom is 0.241 e. The highest BCUT2D eigenvalue weighted by Gasteiger charge is 2.21. The lowest BCUT2D eigenvalue weighted by Gasteiger charge is -2.18. The minimum Gasteiger partial charge on any atom is -0.497 e. The molecule has 5 nitrogen and oxygen atoms in total. The third-order valence-corrected chi connectivity index (χ3v) is 5.44. The number of ether oxygens (including phenoxy) is 2. The molecular weight excluding hydrogens is 382 g/mol. The molecule has 1 N–H and O–H groups in total. The second-order valence-electron chi connectivity index (χ2n) is 4.90. The first-order valence-corrected chi connectivity index (χ1v) is 9.15. The summed E-state index contributed by atoms with van der Waals surface area (Å²) in [4.78, 5) is 0.203. The van der Waals surface area contributed by atoms with Gasteiger partial charge in [0.25, 0.3) is 0 Å². The first kappa shape index (κ1) is 17.8. The van der Waals surface area contributed by atoms with Gasteiger partial charge in [0, 0.05) is 16.1 Å². The molecule has 2 rings (SSSR count). The fourth-order valence-corrected chi connectivity index (χ4v) is 3.64. The summed E-state index contributed by atoms with van der Waals surface area (Å²) in [5.74, 6) is 1.23. The number of methoxy groups -OCH3 is 2. The normalized spacial score (nSPS) is 12.7. The zero-order valence-corrected chi connectivity index (χ0v) is 15.4. The van der Waals surface area contributed by atoms with E-state index in [4.69, 9.17) is 9.47 Å². The molecule has 2 aromatic rings. The van der Waals surface area contributed by atoms with Gasteiger partial charge in [-0.15, -0.1) is 0 Å². The predicted octanol–water partition coefficient (Wildman–Crippen LogP) is 3.51. The molecule has 0 heterocycles. The molecule has 0 unspecified atom stereocenters. The fourth-order valence-electron chi connectivity index (χ4n) is 2.16. The summed E-state index contributed by atoms with van der Waals surface area (Å²) < 4.78 is 38.9. The Morgan fingerprint density at radius 3 is 2.26 bits per heavy atom. The maximum absolute atomic E-state index is 12.5. The van der Waals surface area contributed by atoms with Crippen molar-refractivity contribution in [1.29, 1.82) is 0 Å². The van der Waals surface area contributed by atoms with Gasteiger partial charge in [0.05, 0.1) is 19.1 Å². The van der Waals surface area contributed by atoms with Crippen LogP contribution in [0.25, 0.3) is 0 Å². The number of hydrogen-bond donors (Lipinski definition) is 1. The molecule has 0 radical (unpaired) electrons. The Morgan fingerprint density at radius 1 is 1.04 bits per heavy atom. The molecule has 2 aromatic carbocycles. The standard InChI is InChI=1S/C16H18BrNO4S/c1-11(15-10-13(21-2)6-9-16(15)22-3)18-23(19,20)14-7-4-12(17)5-8-14/h4-11,18H,1-3H3/t11-/m0/s1. The highest BCUT2D eigenvalue weighted by Crippen LogP contribution is 2.30. The Hall–Kier alpha value is -1.57. The Bertz CT molecular complexity index is 775. The first-order valence-electron chi connectivity index (χ1n) is 6.87. The van der Waals surface area contributed by atoms with Crippen LogP contribution in [-0.2, 0) is 10.0 Å². The molecule has 0 aromatic heterocycles. The van der Waals surface area contributed by atoms with Crippen LogP contribution in [-0.4, -0.2) is 22.6 Å². The molecule has 0 saturated carbocycles. The molecule has 0 aliphatic rings. The van der Waals surface area contributed by atoms with Crippen LogP contribution in [0.1, 0.15) is 18.5 Å². The van der Waals surface area contributed by atoms with Gasteiger partial charge in [-0.3, -0.25) is 0 Å². The fraction of sp³-hybridized carbons (Fsp3) is 0.250. The van der Waals surface area contributed by atoms with Gasteiger partial charge in [-0.05, 0) is 49.4 Å². The zero-order chi connectivity index (χ0) is 17.0. The van der Waals surface area contributed by atoms with Crippen molar-refractivity contribution in [3.63, 3.8) is 0 Å². The second kappa shape index (κ2) is 7.33. The SMILES string of the molecule is COc1ccc(OC)c([C@H](C)NS(=O)(=O)c2ccc(Br)cc2)c1. The van der Waals surface area contributed by atoms with Gasteiger partial charge < -0.3 is 9.47 Å². The number of rotatable bonds is 6. The Kier molecular flexibility index (Phi) is 5.67. The molecule has 0 amide bonds. The Balaban J connectivity index is 2.30. The van der Waals surface area contributed by atoms with Crippen molar-refractivity contribution in [1.82, 2.24) is 4.72 Å². The molecule has 0 saturated heterocycles. The third kappa shape index (κ3) is 4.25. The molecule has 23 heavy (non-hydrogen) atoms. The van der Waals surface area contributed by atoms with E-state index in [1.807, 2.05) is 0 Å². The number of hydrogen-bond acceptors (Lipinski definition) is 4. The van der Waals surface area contributed by atoms with Gasteiger partial charge >= 0.3 is 0 Å². The van der Waals surface area contributed by atoms with Crippen molar-refractivity contribution in [2.45, 2.75) is 17.9 Å². The van der Waals surface area contributed by atoms with E-state index in [1.54, 1.807) is 63.6 Å². The maximum atomic E-state index is 12.5. The smallest absolute Gasteiger partial charge is 0.241 e. The van der Waals surface area contributed by atoms with Crippen molar-refractivity contribution in [2.24, 2.45) is 0 Å². The number of sulfonamides is 1. The molecule has 0 fully saturated rings. The molecular formula is C16H18BrNO4S. The van der Waals surface area contributed by atoms with E-state index in [0.29, 0.717) is 17.1 Å². The highest BCUT2D eigenvalue weighted by atomic mass is 79.9. The third-order valence-electron chi connectivity index (χ3n) is 3.36. The summed E-state index contributed by atoms with van der Waals surface area (Å²) >= 11 is 3.29. The molecule has 0 aliphatic carbocycles. The van der Waals surface area contributed by atoms with Crippen molar-refractivity contribution in [3.05, 3.63) is 52.5 Å². The molecule has 0 bridgehead atoms. The van der Waals surface area contributed by atoms with E-state index in [9.17, 15) is 8.42 Å². The van der Waals surface area contributed by atoms with Gasteiger partial charge in [-0.1, -0.05) is 15.9 Å². The summed E-state index contributed by atoms with van der Waals surface area (Å²) in [5.41, 5.74) is 0.701. The predicted molar refractivity (Wildman–Crippen MR) is 92.4 cm³/mol. The van der Waals surface area contributed by atoms with Crippen LogP contribution in [0.15, 0.2) is 51.8 Å². The average molecular weight is 400 g/mol. The van der Waals surface area contributed by atoms with E-state index in [2.05, 4.69) is 20.7 Å². The minimum absolute atomic E-state index is 0.203. The average Bonchev–Trinajstić information content (AvgIpc) is 2.54. The minimum atomic E-state index is -3.64. The van der Waals surface area contributed by atoms with Gasteiger partial charge in [0.2, 0.25) is 10.0 Å². The van der Waals surface area contributed by atoms with Crippen LogP contribution in [0.5, 0.6) is 11.5 Å². The number of halogens is 1. The zero-order valence-electron chi connectivity index (χ0n) is 13.0. The summed E-state index contributed by atoms with van der Waals surface area (Å²) in [6.45, 7) is 1.76. The summed E-state index contributed by atoms with van der Waals surface area (Å²) in [7, 11) is -0.535. The lowest BCUT2D eigenvalue weighted by atomic mass is 10.1. The van der Waals surface area contributed by atoms with Gasteiger partial charge in [0.1, 0.15) is 11.5 Å². The van der Waals surface area contributed by atoms with E-state index < -0.39 is 16.1 Å². The number of nitrogens with one attached hydrogen (secondary N) is 1. The molecule has 7 heteroatoms. The van der Waals surface area contributed by atoms with Crippen LogP contribution in [0.2, 0.25) is 0 Å². The van der Waals surface area contributed by atoms with Crippen LogP contribution in [0.3, 0.4) is 0 Å². The first-order chi connectivity index (χ1) is 10.9. The van der Waals surface area contributed by atoms with Crippen LogP contribution in [0.4, 0.5) is 0 Å². The van der Waals surface area contributed by atoms with Crippen molar-refractivity contribution < 1.29 is 17.9 Å². The molecule has 0 aliphatic heterocycles. The molecule has 1 atom stereocenters. The largest absolute Gasteiger partial charge is 0.497 e. The Labute approximate surface area is 144 Å². The van der Waals surface area contributed by atoms with Crippen LogP contribution >= 0.6 is 15.9 Å². The monoisotopic (exact) mass is 399 g/mol. The van der Waals surface area contributed by atoms with Gasteiger partial charge in [-0.2, -0.15) is 0 Å². The summed E-state index contributed by atoms with van der Waals surface area (Å²) in [6.07, 6.45) is 0. The van der Waals surface area contributed by atoms with Gasteiger partial charge in [-0.25, -0.2) is 13.1 Å². The lowest BCUT2D eigenvalue weighted by Crippen LogP contribution is -2.27. The van der Waals surface area contributed by atoms with Crippen LogP contribution in [0, 0.1) is 0 Å². The van der Waals surface area contributed by atoms with Gasteiger partial charge in [0.15, 0.2) is 0 Å². The van der Waals surface area contributed by atoms with E-state index in [-0.39, 0.29) is 4.90 Å². The van der Waals surface area contributed by atoms with Crippen molar-refractivity contribution in [2.75, 3.05) is 14.2 Å². The van der Waals surface area contributed by atoms with E-state index in [0.717, 1.165) is 4.47 Å². The van der Waals surface area contributed by atoms with E-state index in [1.165, 1.54) is 0 Å². The molecule has 124 valence electrons. The van der Waals surface area contributed by atoms with Crippen molar-refractivity contribution in [3.8, 4) is 11.5 Å². The molecule has 0 spiro atoms.